The Balaban J connectivity index is 0.00000300. The molecule has 3 rings (SSSR count). The molecule has 0 saturated carbocycles. The van der Waals surface area contributed by atoms with Gasteiger partial charge in [-0.25, -0.2) is 4.98 Å². The number of ether oxygens (including phenoxy) is 1. The molecule has 0 aliphatic carbocycles. The normalized spacial score (nSPS) is 25.2. The topological polar surface area (TPSA) is 244 Å². The summed E-state index contributed by atoms with van der Waals surface area (Å²) in [6.45, 7) is -5.50. The predicted molar refractivity (Wildman–Crippen MR) is 87.4 cm³/mol. The number of aromatic nitrogens is 4. The van der Waals surface area contributed by atoms with Crippen LogP contribution in [-0.2, 0) is 29.9 Å². The Morgan fingerprint density at radius 2 is 1.90 bits per heavy atom. The molecule has 5 unspecified atom stereocenters. The van der Waals surface area contributed by atoms with E-state index in [1.165, 1.54) is 0 Å². The number of fused-ring (bicyclic) bond motifs is 1. The number of phosphoric acid groups is 1. The molecule has 0 radical (unpaired) electrons. The predicted octanol–water partition coefficient (Wildman–Crippen LogP) is -13.2. The molecule has 5 atom stereocenters. The molecule has 1 aliphatic heterocycles. The average molecular weight is 525 g/mol. The maximum Gasteiger partial charge on any atom is 1.00 e. The van der Waals surface area contributed by atoms with E-state index in [1.54, 1.807) is 0 Å². The first-order valence-corrected chi connectivity index (χ1v) is 11.3. The number of hydrogen-bond acceptors (Lipinski definition) is 14. The van der Waals surface area contributed by atoms with Crippen LogP contribution in [-0.4, -0.2) is 54.7 Å². The summed E-state index contributed by atoms with van der Waals surface area (Å²) in [4.78, 5) is 54.4. The molecule has 15 nitrogen and oxygen atoms in total. The van der Waals surface area contributed by atoms with Crippen molar-refractivity contribution in [2.75, 3.05) is 12.3 Å². The quantitative estimate of drug-likeness (QED) is 0.202. The molecule has 1 fully saturated rings. The fourth-order valence-electron chi connectivity index (χ4n) is 2.54. The molecule has 1 saturated heterocycles. The maximum atomic E-state index is 11.8. The van der Waals surface area contributed by atoms with E-state index in [9.17, 15) is 34.3 Å². The fraction of sp³-hybridized carbons (Fsp3) is 0.500. The second-order valence-electron chi connectivity index (χ2n) is 5.59. The summed E-state index contributed by atoms with van der Waals surface area (Å²) in [5.74, 6) is -0.226. The number of imidazole rings is 1. The van der Waals surface area contributed by atoms with Gasteiger partial charge in [0.05, 0.1) is 20.8 Å². The minimum absolute atomic E-state index is 0. The van der Waals surface area contributed by atoms with Crippen molar-refractivity contribution in [3.05, 3.63) is 16.7 Å². The summed E-state index contributed by atoms with van der Waals surface area (Å²) >= 11 is 4.26. The van der Waals surface area contributed by atoms with Crippen LogP contribution in [0.25, 0.3) is 11.2 Å². The first-order chi connectivity index (χ1) is 12.9. The number of nitrogen functional groups attached to an aromatic ring is 1. The van der Waals surface area contributed by atoms with Gasteiger partial charge in [0.25, 0.3) is 5.56 Å². The number of H-pyrrole nitrogens is 1. The molecule has 5 N–H and O–H groups in total. The Labute approximate surface area is 245 Å². The largest absolute Gasteiger partial charge is 1.00 e. The standard InChI is InChI=1S/C10H15N5O10P2S.3Na/c11-10-13-7-4(8(18)14-10)12-2-15(7)9-6(17)5(16)3(24-9)1-23-27(22,28)25-26(19,20)21;;;/h2-3,5-6,9,16-17H,1H2,(H,22,28)(H2,19,20,21)(H3,11,13,14,18);;;/q;3*+1/p-3. The van der Waals surface area contributed by atoms with Crippen molar-refractivity contribution in [3.8, 4) is 0 Å². The first-order valence-electron chi connectivity index (χ1n) is 7.31. The van der Waals surface area contributed by atoms with E-state index in [0.29, 0.717) is 0 Å². The Morgan fingerprint density at radius 3 is 2.48 bits per heavy atom. The maximum absolute atomic E-state index is 11.8. The zero-order chi connectivity index (χ0) is 20.9. The molecule has 21 heteroatoms. The van der Waals surface area contributed by atoms with Gasteiger partial charge in [0, 0.05) is 0 Å². The molecule has 1 aliphatic rings. The van der Waals surface area contributed by atoms with Crippen molar-refractivity contribution < 1.29 is 132 Å². The number of anilines is 1. The molecule has 31 heavy (non-hydrogen) atoms. The number of aromatic amines is 1. The summed E-state index contributed by atoms with van der Waals surface area (Å²) in [5, 5.41) is 20.3. The molecule has 0 spiro atoms. The van der Waals surface area contributed by atoms with E-state index in [4.69, 9.17) is 10.5 Å². The van der Waals surface area contributed by atoms with Crippen LogP contribution in [0.5, 0.6) is 0 Å². The number of aliphatic hydroxyl groups is 2. The van der Waals surface area contributed by atoms with Crippen LogP contribution in [0.1, 0.15) is 6.23 Å². The van der Waals surface area contributed by atoms with Gasteiger partial charge in [0.1, 0.15) is 25.0 Å². The van der Waals surface area contributed by atoms with Crippen LogP contribution in [0.3, 0.4) is 0 Å². The second kappa shape index (κ2) is 12.6. The van der Waals surface area contributed by atoms with E-state index in [1.807, 2.05) is 0 Å². The molecule has 0 amide bonds. The monoisotopic (exact) mass is 525 g/mol. The van der Waals surface area contributed by atoms with Gasteiger partial charge in [-0.05, 0) is 0 Å². The number of nitrogens with one attached hydrogen (secondary N) is 1. The van der Waals surface area contributed by atoms with Crippen molar-refractivity contribution in [2.24, 2.45) is 0 Å². The summed E-state index contributed by atoms with van der Waals surface area (Å²) in [5.41, 5.74) is 4.68. The van der Waals surface area contributed by atoms with Gasteiger partial charge in [-0.3, -0.25) is 14.3 Å². The van der Waals surface area contributed by atoms with Gasteiger partial charge in [-0.2, -0.15) is 4.98 Å². The molecule has 156 valence electrons. The van der Waals surface area contributed by atoms with Gasteiger partial charge < -0.3 is 48.8 Å². The van der Waals surface area contributed by atoms with Crippen molar-refractivity contribution in [1.82, 2.24) is 19.5 Å². The second-order valence-corrected chi connectivity index (χ2v) is 9.64. The molecular formula is C10H12N5Na3O10P2S. The van der Waals surface area contributed by atoms with E-state index in [-0.39, 0.29) is 106 Å². The Hall–Kier alpha value is 1.71. The first kappa shape index (κ1) is 32.7. The zero-order valence-electron chi connectivity index (χ0n) is 16.5. The minimum atomic E-state index is -5.67. The summed E-state index contributed by atoms with van der Waals surface area (Å²) < 4.78 is 25.2. The molecule has 0 aromatic carbocycles. The SMILES string of the molecule is Nc1nc2c(ncn2C2OC(COP([O-])(=S)OP(=O)([O-])[O-])C(O)C2O)c(=O)[nH]1.[Na+].[Na+].[Na+]. The van der Waals surface area contributed by atoms with Crippen LogP contribution in [0, 0.1) is 0 Å². The van der Waals surface area contributed by atoms with E-state index >= 15 is 0 Å². The van der Waals surface area contributed by atoms with Crippen molar-refractivity contribution in [1.29, 1.82) is 0 Å². The summed E-state index contributed by atoms with van der Waals surface area (Å²) in [6.07, 6.45) is -4.73. The van der Waals surface area contributed by atoms with Gasteiger partial charge in [0.2, 0.25) is 5.95 Å². The van der Waals surface area contributed by atoms with Crippen LogP contribution in [0.15, 0.2) is 11.1 Å². The number of rotatable bonds is 6. The van der Waals surface area contributed by atoms with Crippen LogP contribution >= 0.6 is 14.5 Å². The number of hydrogen-bond donors (Lipinski definition) is 4. The molecule has 2 aromatic heterocycles. The number of nitrogens with two attached hydrogens (primary N) is 1. The van der Waals surface area contributed by atoms with Crippen LogP contribution in [0.2, 0.25) is 0 Å². The van der Waals surface area contributed by atoms with Crippen molar-refractivity contribution >= 4 is 43.5 Å². The molecular weight excluding hydrogens is 513 g/mol. The third kappa shape index (κ3) is 8.12. The minimum Gasteiger partial charge on any atom is -0.790 e. The molecule has 3 heterocycles. The third-order valence-corrected chi connectivity index (χ3v) is 6.64. The summed E-state index contributed by atoms with van der Waals surface area (Å²) in [6, 6.07) is 0. The fourth-order valence-corrected chi connectivity index (χ4v) is 4.95. The Bertz CT molecular complexity index is 1050. The average Bonchev–Trinajstić information content (AvgIpc) is 3.06. The van der Waals surface area contributed by atoms with Gasteiger partial charge >= 0.3 is 88.7 Å². The van der Waals surface area contributed by atoms with Gasteiger partial charge in [-0.1, -0.05) is 11.8 Å². The summed E-state index contributed by atoms with van der Waals surface area (Å²) in [7, 11) is -5.67. The molecule has 2 aromatic rings. The van der Waals surface area contributed by atoms with Crippen molar-refractivity contribution in [3.63, 3.8) is 0 Å². The van der Waals surface area contributed by atoms with Gasteiger partial charge in [0.15, 0.2) is 17.4 Å². The number of aliphatic hydroxyl groups excluding tert-OH is 2. The molecule has 0 bridgehead atoms. The Kier molecular flexibility index (Phi) is 13.3. The van der Waals surface area contributed by atoms with Crippen LogP contribution in [0.4, 0.5) is 5.95 Å². The van der Waals surface area contributed by atoms with Crippen LogP contribution < -0.4 is 115 Å². The smallest absolute Gasteiger partial charge is 0.790 e. The van der Waals surface area contributed by atoms with Crippen molar-refractivity contribution in [2.45, 2.75) is 24.5 Å². The third-order valence-electron chi connectivity index (χ3n) is 3.66. The van der Waals surface area contributed by atoms with E-state index in [2.05, 4.69) is 35.6 Å². The zero-order valence-corrected chi connectivity index (χ0v) is 25.1. The van der Waals surface area contributed by atoms with E-state index in [0.717, 1.165) is 10.9 Å². The Morgan fingerprint density at radius 1 is 1.29 bits per heavy atom. The van der Waals surface area contributed by atoms with Gasteiger partial charge in [-0.15, -0.1) is 0 Å². The van der Waals surface area contributed by atoms with E-state index < -0.39 is 51.2 Å². The number of nitrogens with zero attached hydrogens (tertiary/aromatic N) is 3.